The van der Waals surface area contributed by atoms with Gasteiger partial charge in [0.15, 0.2) is 0 Å². The summed E-state index contributed by atoms with van der Waals surface area (Å²) in [6.07, 6.45) is 9.97. The van der Waals surface area contributed by atoms with E-state index in [0.29, 0.717) is 0 Å². The summed E-state index contributed by atoms with van der Waals surface area (Å²) in [5.41, 5.74) is 0. The second-order valence-corrected chi connectivity index (χ2v) is 2.49. The van der Waals surface area contributed by atoms with Crippen LogP contribution in [-0.4, -0.2) is 0 Å². The molecule has 0 aliphatic heterocycles. The van der Waals surface area contributed by atoms with Crippen molar-refractivity contribution in [2.75, 3.05) is 0 Å². The van der Waals surface area contributed by atoms with Gasteiger partial charge in [0.25, 0.3) is 0 Å². The van der Waals surface area contributed by atoms with Gasteiger partial charge in [-0.1, -0.05) is 54.1 Å². The molecule has 0 spiro atoms. The van der Waals surface area contributed by atoms with Crippen LogP contribution in [0.3, 0.4) is 0 Å². The first-order valence-electron chi connectivity index (χ1n) is 3.92. The molecule has 0 saturated carbocycles. The third-order valence-electron chi connectivity index (χ3n) is 0.774. The van der Waals surface area contributed by atoms with Crippen LogP contribution in [-0.2, 0) is 0 Å². The van der Waals surface area contributed by atoms with E-state index in [1.54, 1.807) is 0 Å². The maximum Gasteiger partial charge on any atom is 0.0171 e. The van der Waals surface area contributed by atoms with Gasteiger partial charge in [0.2, 0.25) is 0 Å². The zero-order chi connectivity index (χ0) is 9.11. The van der Waals surface area contributed by atoms with Crippen molar-refractivity contribution in [3.05, 3.63) is 34.9 Å². The Hall–Kier alpha value is -0.300. The van der Waals surface area contributed by atoms with Crippen molar-refractivity contribution in [1.82, 2.24) is 0 Å². The van der Waals surface area contributed by atoms with Gasteiger partial charge in [-0.2, -0.15) is 0 Å². The van der Waals surface area contributed by atoms with Crippen LogP contribution >= 0.6 is 15.9 Å². The average molecular weight is 217 g/mol. The van der Waals surface area contributed by atoms with E-state index in [0.717, 1.165) is 4.48 Å². The summed E-state index contributed by atoms with van der Waals surface area (Å²) in [5.74, 6) is 0. The molecule has 0 amide bonds. The Kier molecular flexibility index (Phi) is 15.0. The molecule has 0 rings (SSSR count). The third kappa shape index (κ3) is 12.8. The summed E-state index contributed by atoms with van der Waals surface area (Å²) in [4.78, 5) is 0. The van der Waals surface area contributed by atoms with E-state index in [9.17, 15) is 0 Å². The predicted molar refractivity (Wildman–Crippen MR) is 58.0 cm³/mol. The molecule has 1 heteroatoms. The van der Waals surface area contributed by atoms with Crippen molar-refractivity contribution >= 4 is 15.9 Å². The molecule has 0 aromatic heterocycles. The number of rotatable bonds is 2. The van der Waals surface area contributed by atoms with Gasteiger partial charge < -0.3 is 0 Å². The van der Waals surface area contributed by atoms with Crippen LogP contribution in [0.25, 0.3) is 0 Å². The number of hydrogen-bond donors (Lipinski definition) is 0. The molecule has 0 N–H and O–H groups in total. The number of allylic oxidation sites excluding steroid dienone is 6. The standard InChI is InChI=1S/C8H11Br.C2H6/c1-3-5-7-8(9)6-4-2;1-2/h3-7H,1-2H3;1-2H3/b5-3-,6-4-,8-7+;. The van der Waals surface area contributed by atoms with Gasteiger partial charge in [-0.3, -0.25) is 0 Å². The minimum absolute atomic E-state index is 1.10. The quantitative estimate of drug-likeness (QED) is 0.599. The van der Waals surface area contributed by atoms with Crippen molar-refractivity contribution < 1.29 is 0 Å². The molecule has 0 aliphatic carbocycles. The van der Waals surface area contributed by atoms with Crippen LogP contribution < -0.4 is 0 Å². The SMILES string of the molecule is CC.C\C=C/C=C(Br)\C=C/C. The molecular formula is C10H17Br. The zero-order valence-electron chi connectivity index (χ0n) is 7.76. The summed E-state index contributed by atoms with van der Waals surface area (Å²) in [6.45, 7) is 7.98. The Bertz CT molecular complexity index is 141. The molecule has 0 radical (unpaired) electrons. The summed E-state index contributed by atoms with van der Waals surface area (Å²) < 4.78 is 1.10. The van der Waals surface area contributed by atoms with Gasteiger partial charge in [-0.15, -0.1) is 0 Å². The van der Waals surface area contributed by atoms with Crippen molar-refractivity contribution in [2.24, 2.45) is 0 Å². The van der Waals surface area contributed by atoms with Crippen LogP contribution in [0.1, 0.15) is 27.7 Å². The topological polar surface area (TPSA) is 0 Å². The lowest BCUT2D eigenvalue weighted by atomic mass is 10.4. The maximum atomic E-state index is 3.36. The second kappa shape index (κ2) is 12.4. The molecule has 0 aliphatic rings. The summed E-state index contributed by atoms with van der Waals surface area (Å²) >= 11 is 3.36. The molecular weight excluding hydrogens is 200 g/mol. The third-order valence-corrected chi connectivity index (χ3v) is 1.30. The van der Waals surface area contributed by atoms with Crippen LogP contribution in [0, 0.1) is 0 Å². The molecule has 0 bridgehead atoms. The Morgan fingerprint density at radius 2 is 1.64 bits per heavy atom. The Morgan fingerprint density at radius 1 is 1.09 bits per heavy atom. The molecule has 0 fully saturated rings. The van der Waals surface area contributed by atoms with Crippen LogP contribution in [0.5, 0.6) is 0 Å². The monoisotopic (exact) mass is 216 g/mol. The minimum atomic E-state index is 1.10. The zero-order valence-corrected chi connectivity index (χ0v) is 9.35. The maximum absolute atomic E-state index is 3.36. The van der Waals surface area contributed by atoms with Crippen molar-refractivity contribution in [2.45, 2.75) is 27.7 Å². The van der Waals surface area contributed by atoms with Crippen molar-refractivity contribution in [3.63, 3.8) is 0 Å². The number of hydrogen-bond acceptors (Lipinski definition) is 0. The molecule has 0 nitrogen and oxygen atoms in total. The highest BCUT2D eigenvalue weighted by atomic mass is 79.9. The van der Waals surface area contributed by atoms with Crippen LogP contribution in [0.4, 0.5) is 0 Å². The van der Waals surface area contributed by atoms with E-state index in [1.807, 2.05) is 58.1 Å². The van der Waals surface area contributed by atoms with Crippen molar-refractivity contribution in [1.29, 1.82) is 0 Å². The van der Waals surface area contributed by atoms with Gasteiger partial charge >= 0.3 is 0 Å². The smallest absolute Gasteiger partial charge is 0.0171 e. The summed E-state index contributed by atoms with van der Waals surface area (Å²) in [7, 11) is 0. The van der Waals surface area contributed by atoms with E-state index in [2.05, 4.69) is 15.9 Å². The molecule has 64 valence electrons. The Morgan fingerprint density at radius 3 is 2.00 bits per heavy atom. The summed E-state index contributed by atoms with van der Waals surface area (Å²) in [6, 6.07) is 0. The van der Waals surface area contributed by atoms with Crippen LogP contribution in [0.15, 0.2) is 34.9 Å². The second-order valence-electron chi connectivity index (χ2n) is 1.58. The van der Waals surface area contributed by atoms with E-state index >= 15 is 0 Å². The Balaban J connectivity index is 0. The lowest BCUT2D eigenvalue weighted by Crippen LogP contribution is -1.57. The fourth-order valence-electron chi connectivity index (χ4n) is 0.403. The first-order valence-corrected chi connectivity index (χ1v) is 4.71. The summed E-state index contributed by atoms with van der Waals surface area (Å²) in [5, 5.41) is 0. The average Bonchev–Trinajstić information content (AvgIpc) is 2.05. The van der Waals surface area contributed by atoms with Gasteiger partial charge in [0, 0.05) is 4.48 Å². The van der Waals surface area contributed by atoms with Gasteiger partial charge in [-0.05, 0) is 19.9 Å². The van der Waals surface area contributed by atoms with Gasteiger partial charge in [0.1, 0.15) is 0 Å². The minimum Gasteiger partial charge on any atom is -0.0876 e. The highest BCUT2D eigenvalue weighted by Crippen LogP contribution is 2.05. The molecule has 0 atom stereocenters. The van der Waals surface area contributed by atoms with E-state index < -0.39 is 0 Å². The van der Waals surface area contributed by atoms with Gasteiger partial charge in [-0.25, -0.2) is 0 Å². The molecule has 0 heterocycles. The lowest BCUT2D eigenvalue weighted by molar-refractivity contribution is 1.50. The molecule has 0 aromatic rings. The highest BCUT2D eigenvalue weighted by molar-refractivity contribution is 9.11. The molecule has 0 saturated heterocycles. The van der Waals surface area contributed by atoms with Gasteiger partial charge in [0.05, 0.1) is 0 Å². The molecule has 0 aromatic carbocycles. The largest absolute Gasteiger partial charge is 0.0876 e. The van der Waals surface area contributed by atoms with E-state index in [1.165, 1.54) is 0 Å². The fraction of sp³-hybridized carbons (Fsp3) is 0.400. The lowest BCUT2D eigenvalue weighted by Gasteiger charge is -1.81. The number of halogens is 1. The van der Waals surface area contributed by atoms with E-state index in [-0.39, 0.29) is 0 Å². The predicted octanol–water partition coefficient (Wildman–Crippen LogP) is 4.44. The molecule has 11 heavy (non-hydrogen) atoms. The first kappa shape index (κ1) is 13.3. The molecule has 0 unspecified atom stereocenters. The Labute approximate surface area is 78.8 Å². The van der Waals surface area contributed by atoms with Crippen LogP contribution in [0.2, 0.25) is 0 Å². The highest BCUT2D eigenvalue weighted by Gasteiger charge is 1.75. The fourth-order valence-corrected chi connectivity index (χ4v) is 0.820. The first-order chi connectivity index (χ1) is 5.31. The van der Waals surface area contributed by atoms with Crippen molar-refractivity contribution in [3.8, 4) is 0 Å². The van der Waals surface area contributed by atoms with E-state index in [4.69, 9.17) is 0 Å². The normalized spacial score (nSPS) is 11.9.